The van der Waals surface area contributed by atoms with Gasteiger partial charge in [0, 0.05) is 51.7 Å². The van der Waals surface area contributed by atoms with Crippen LogP contribution in [0.25, 0.3) is 0 Å². The second kappa shape index (κ2) is 11.2. The standard InChI is InChI=1S/C23H37N5O/c1-18-14-21(17-28(18)16-20-10-4-3-5-11-20)27-23(24-2)26-13-12-25-22(29)15-19-8-6-7-9-19/h3-5,10-11,18-19,21H,6-9,12-17H2,1-2H3,(H,25,29)(H2,24,26,27). The van der Waals surface area contributed by atoms with Gasteiger partial charge < -0.3 is 16.0 Å². The molecule has 2 atom stereocenters. The van der Waals surface area contributed by atoms with Crippen molar-refractivity contribution in [3.63, 3.8) is 0 Å². The predicted octanol–water partition coefficient (Wildman–Crippen LogP) is 2.51. The van der Waals surface area contributed by atoms with E-state index < -0.39 is 0 Å². The Balaban J connectivity index is 1.33. The quantitative estimate of drug-likeness (QED) is 0.357. The Morgan fingerprint density at radius 2 is 1.86 bits per heavy atom. The highest BCUT2D eigenvalue weighted by atomic mass is 16.1. The van der Waals surface area contributed by atoms with Gasteiger partial charge in [-0.15, -0.1) is 0 Å². The summed E-state index contributed by atoms with van der Waals surface area (Å²) in [7, 11) is 1.80. The smallest absolute Gasteiger partial charge is 0.220 e. The lowest BCUT2D eigenvalue weighted by Crippen LogP contribution is -2.46. The molecule has 0 aromatic heterocycles. The van der Waals surface area contributed by atoms with Crippen molar-refractivity contribution < 1.29 is 4.79 Å². The maximum absolute atomic E-state index is 12.0. The Morgan fingerprint density at radius 3 is 2.59 bits per heavy atom. The lowest BCUT2D eigenvalue weighted by molar-refractivity contribution is -0.121. The molecule has 6 nitrogen and oxygen atoms in total. The predicted molar refractivity (Wildman–Crippen MR) is 119 cm³/mol. The number of benzene rings is 1. The molecule has 2 unspecified atom stereocenters. The summed E-state index contributed by atoms with van der Waals surface area (Å²) in [6.45, 7) is 5.61. The monoisotopic (exact) mass is 399 g/mol. The molecule has 0 spiro atoms. The molecule has 1 aromatic rings. The normalized spacial score (nSPS) is 23.3. The van der Waals surface area contributed by atoms with Gasteiger partial charge >= 0.3 is 0 Å². The Labute approximate surface area is 175 Å². The second-order valence-corrected chi connectivity index (χ2v) is 8.54. The molecule has 1 saturated carbocycles. The van der Waals surface area contributed by atoms with E-state index in [2.05, 4.69) is 63.1 Å². The van der Waals surface area contributed by atoms with Crippen molar-refractivity contribution in [2.75, 3.05) is 26.7 Å². The number of nitrogens with one attached hydrogen (secondary N) is 3. The highest BCUT2D eigenvalue weighted by molar-refractivity contribution is 5.80. The molecular formula is C23H37N5O. The SMILES string of the molecule is CN=C(NCCNC(=O)CC1CCCC1)NC1CC(C)N(Cc2ccccc2)C1. The van der Waals surface area contributed by atoms with Crippen molar-refractivity contribution in [1.29, 1.82) is 0 Å². The molecule has 1 aliphatic carbocycles. The molecule has 1 aromatic carbocycles. The van der Waals surface area contributed by atoms with Crippen molar-refractivity contribution in [3.8, 4) is 0 Å². The van der Waals surface area contributed by atoms with E-state index in [0.29, 0.717) is 37.5 Å². The first-order valence-electron chi connectivity index (χ1n) is 11.2. The third kappa shape index (κ3) is 7.03. The number of hydrogen-bond donors (Lipinski definition) is 3. The van der Waals surface area contributed by atoms with E-state index in [1.54, 1.807) is 7.05 Å². The average Bonchev–Trinajstić information content (AvgIpc) is 3.35. The molecule has 29 heavy (non-hydrogen) atoms. The van der Waals surface area contributed by atoms with Crippen LogP contribution in [0, 0.1) is 5.92 Å². The van der Waals surface area contributed by atoms with Gasteiger partial charge in [-0.1, -0.05) is 43.2 Å². The van der Waals surface area contributed by atoms with E-state index in [9.17, 15) is 4.79 Å². The fourth-order valence-corrected chi connectivity index (χ4v) is 4.56. The van der Waals surface area contributed by atoms with E-state index in [1.807, 2.05) is 0 Å². The van der Waals surface area contributed by atoms with E-state index in [4.69, 9.17) is 0 Å². The zero-order chi connectivity index (χ0) is 20.5. The molecule has 1 heterocycles. The van der Waals surface area contributed by atoms with E-state index >= 15 is 0 Å². The van der Waals surface area contributed by atoms with Crippen LogP contribution in [-0.4, -0.2) is 55.5 Å². The molecule has 0 radical (unpaired) electrons. The largest absolute Gasteiger partial charge is 0.355 e. The summed E-state index contributed by atoms with van der Waals surface area (Å²) < 4.78 is 0. The number of amides is 1. The van der Waals surface area contributed by atoms with Crippen LogP contribution in [-0.2, 0) is 11.3 Å². The number of rotatable bonds is 8. The summed E-state index contributed by atoms with van der Waals surface area (Å²) >= 11 is 0. The maximum atomic E-state index is 12.0. The molecule has 2 aliphatic rings. The summed E-state index contributed by atoms with van der Waals surface area (Å²) in [5.41, 5.74) is 1.36. The van der Waals surface area contributed by atoms with Gasteiger partial charge in [0.15, 0.2) is 5.96 Å². The number of guanidine groups is 1. The van der Waals surface area contributed by atoms with Gasteiger partial charge in [-0.05, 0) is 37.7 Å². The summed E-state index contributed by atoms with van der Waals surface area (Å²) in [6.07, 6.45) is 6.77. The van der Waals surface area contributed by atoms with E-state index in [0.717, 1.165) is 25.5 Å². The Hall–Kier alpha value is -2.08. The fraction of sp³-hybridized carbons (Fsp3) is 0.652. The minimum atomic E-state index is 0.183. The van der Waals surface area contributed by atoms with Crippen LogP contribution in [0.5, 0.6) is 0 Å². The van der Waals surface area contributed by atoms with Crippen LogP contribution in [0.1, 0.15) is 51.0 Å². The molecule has 3 N–H and O–H groups in total. The first-order chi connectivity index (χ1) is 14.1. The number of carbonyl (C=O) groups excluding carboxylic acids is 1. The Bertz CT molecular complexity index is 656. The molecule has 2 fully saturated rings. The van der Waals surface area contributed by atoms with Crippen molar-refractivity contribution in [1.82, 2.24) is 20.9 Å². The third-order valence-corrected chi connectivity index (χ3v) is 6.19. The highest BCUT2D eigenvalue weighted by Crippen LogP contribution is 2.27. The van der Waals surface area contributed by atoms with Crippen molar-refractivity contribution in [2.24, 2.45) is 10.9 Å². The number of carbonyl (C=O) groups is 1. The minimum absolute atomic E-state index is 0.183. The Kier molecular flexibility index (Phi) is 8.35. The first-order valence-corrected chi connectivity index (χ1v) is 11.2. The topological polar surface area (TPSA) is 68.8 Å². The first kappa shape index (κ1) is 21.6. The second-order valence-electron chi connectivity index (χ2n) is 8.54. The molecular weight excluding hydrogens is 362 g/mol. The molecule has 1 aliphatic heterocycles. The zero-order valence-electron chi connectivity index (χ0n) is 18.0. The maximum Gasteiger partial charge on any atom is 0.220 e. The van der Waals surface area contributed by atoms with Gasteiger partial charge in [0.05, 0.1) is 0 Å². The molecule has 1 saturated heterocycles. The van der Waals surface area contributed by atoms with Crippen LogP contribution >= 0.6 is 0 Å². The minimum Gasteiger partial charge on any atom is -0.355 e. The van der Waals surface area contributed by atoms with Gasteiger partial charge in [-0.3, -0.25) is 14.7 Å². The van der Waals surface area contributed by atoms with Crippen molar-refractivity contribution >= 4 is 11.9 Å². The zero-order valence-corrected chi connectivity index (χ0v) is 18.0. The highest BCUT2D eigenvalue weighted by Gasteiger charge is 2.29. The summed E-state index contributed by atoms with van der Waals surface area (Å²) in [6, 6.07) is 11.6. The van der Waals surface area contributed by atoms with E-state index in [1.165, 1.54) is 31.2 Å². The lowest BCUT2D eigenvalue weighted by Gasteiger charge is -2.21. The van der Waals surface area contributed by atoms with Crippen molar-refractivity contribution in [2.45, 2.75) is 64.1 Å². The molecule has 0 bridgehead atoms. The average molecular weight is 400 g/mol. The van der Waals surface area contributed by atoms with Crippen LogP contribution in [0.15, 0.2) is 35.3 Å². The van der Waals surface area contributed by atoms with Gasteiger partial charge in [0.2, 0.25) is 5.91 Å². The van der Waals surface area contributed by atoms with Gasteiger partial charge in [-0.25, -0.2) is 0 Å². The van der Waals surface area contributed by atoms with Gasteiger partial charge in [0.1, 0.15) is 0 Å². The van der Waals surface area contributed by atoms with Crippen LogP contribution in [0.4, 0.5) is 0 Å². The molecule has 1 amide bonds. The number of nitrogens with zero attached hydrogens (tertiary/aromatic N) is 2. The summed E-state index contributed by atoms with van der Waals surface area (Å²) in [4.78, 5) is 18.9. The lowest BCUT2D eigenvalue weighted by atomic mass is 10.0. The summed E-state index contributed by atoms with van der Waals surface area (Å²) in [5.74, 6) is 1.59. The van der Waals surface area contributed by atoms with Crippen LogP contribution in [0.3, 0.4) is 0 Å². The molecule has 160 valence electrons. The number of aliphatic imine (C=N–C) groups is 1. The van der Waals surface area contributed by atoms with Crippen LogP contribution < -0.4 is 16.0 Å². The number of likely N-dealkylation sites (tertiary alicyclic amines) is 1. The number of hydrogen-bond acceptors (Lipinski definition) is 3. The van der Waals surface area contributed by atoms with E-state index in [-0.39, 0.29) is 5.91 Å². The van der Waals surface area contributed by atoms with Gasteiger partial charge in [0.25, 0.3) is 0 Å². The fourth-order valence-electron chi connectivity index (χ4n) is 4.56. The van der Waals surface area contributed by atoms with Gasteiger partial charge in [-0.2, -0.15) is 0 Å². The van der Waals surface area contributed by atoms with Crippen LogP contribution in [0.2, 0.25) is 0 Å². The molecule has 6 heteroatoms. The molecule has 3 rings (SSSR count). The summed E-state index contributed by atoms with van der Waals surface area (Å²) in [5, 5.41) is 9.91. The third-order valence-electron chi connectivity index (χ3n) is 6.19. The van der Waals surface area contributed by atoms with Crippen molar-refractivity contribution in [3.05, 3.63) is 35.9 Å². The Morgan fingerprint density at radius 1 is 1.14 bits per heavy atom.